The minimum atomic E-state index is -4.14. The third kappa shape index (κ3) is 3.77. The molecule has 2 aliphatic rings. The molecule has 3 rings (SSSR count). The Bertz CT molecular complexity index is 977. The molecule has 1 heterocycles. The van der Waals surface area contributed by atoms with Gasteiger partial charge in [0, 0.05) is 12.6 Å². The van der Waals surface area contributed by atoms with Gasteiger partial charge < -0.3 is 9.84 Å². The smallest absolute Gasteiger partial charge is 0.431 e. The summed E-state index contributed by atoms with van der Waals surface area (Å²) in [6, 6.07) is 5.77. The van der Waals surface area contributed by atoms with Gasteiger partial charge in [0.15, 0.2) is 0 Å². The van der Waals surface area contributed by atoms with Gasteiger partial charge in [0.2, 0.25) is 16.0 Å². The summed E-state index contributed by atoms with van der Waals surface area (Å²) in [6.07, 6.45) is -1.69. The quantitative estimate of drug-likeness (QED) is 0.387. The van der Waals surface area contributed by atoms with Gasteiger partial charge in [-0.25, -0.2) is 32.7 Å². The number of nitrogens with zero attached hydrogens (tertiary/aromatic N) is 3. The molecular formula is C19H27FN4O5S. The Hall–Kier alpha value is -2.24. The Morgan fingerprint density at radius 3 is 2.63 bits per heavy atom. The summed E-state index contributed by atoms with van der Waals surface area (Å²) in [5.41, 5.74) is -2.33. The molecule has 0 bridgehead atoms. The van der Waals surface area contributed by atoms with Crippen molar-refractivity contribution in [2.24, 2.45) is 10.8 Å². The lowest BCUT2D eigenvalue weighted by atomic mass is 9.75. The highest BCUT2D eigenvalue weighted by atomic mass is 32.2. The van der Waals surface area contributed by atoms with Crippen molar-refractivity contribution in [2.45, 2.75) is 62.5 Å². The predicted octanol–water partition coefficient (Wildman–Crippen LogP) is 1.68. The van der Waals surface area contributed by atoms with E-state index in [0.717, 1.165) is 4.31 Å². The molecule has 11 heteroatoms. The first kappa shape index (κ1) is 22.4. The molecule has 0 saturated heterocycles. The van der Waals surface area contributed by atoms with Crippen LogP contribution in [0.4, 0.5) is 9.18 Å². The van der Waals surface area contributed by atoms with Crippen molar-refractivity contribution in [2.75, 3.05) is 7.05 Å². The van der Waals surface area contributed by atoms with Crippen molar-refractivity contribution in [3.63, 3.8) is 0 Å². The topological polar surface area (TPSA) is 126 Å². The number of benzene rings is 1. The Balaban J connectivity index is 2.20. The van der Waals surface area contributed by atoms with Gasteiger partial charge in [0.05, 0.1) is 6.10 Å². The number of aliphatic hydroxyl groups is 1. The largest absolute Gasteiger partial charge is 0.442 e. The van der Waals surface area contributed by atoms with Crippen molar-refractivity contribution in [3.8, 4) is 0 Å². The number of carbonyl (C=O) groups excluding carboxylic acids is 1. The summed E-state index contributed by atoms with van der Waals surface area (Å²) in [6.45, 7) is 4.92. The second-order valence-electron chi connectivity index (χ2n) is 8.60. The number of fused-ring (bicyclic) bond motifs is 1. The molecule has 166 valence electrons. The number of aliphatic hydroxyl groups excluding tert-OH is 1. The van der Waals surface area contributed by atoms with Crippen molar-refractivity contribution in [1.29, 1.82) is 0 Å². The van der Waals surface area contributed by atoms with Crippen LogP contribution < -0.4 is 5.84 Å². The lowest BCUT2D eigenvalue weighted by molar-refractivity contribution is 0.0349. The van der Waals surface area contributed by atoms with Crippen LogP contribution in [0.2, 0.25) is 0 Å². The molecule has 3 unspecified atom stereocenters. The van der Waals surface area contributed by atoms with Crippen LogP contribution in [-0.4, -0.2) is 58.9 Å². The number of carbonyl (C=O) groups is 1. The second-order valence-corrected chi connectivity index (χ2v) is 10.7. The molecule has 1 aromatic carbocycles. The van der Waals surface area contributed by atoms with Crippen LogP contribution in [0.15, 0.2) is 29.3 Å². The lowest BCUT2D eigenvalue weighted by Crippen LogP contribution is -2.63. The first-order chi connectivity index (χ1) is 13.8. The number of nitrogens with two attached hydrogens (primary N) is 1. The Labute approximate surface area is 175 Å². The molecule has 30 heavy (non-hydrogen) atoms. The molecule has 1 aromatic rings. The van der Waals surface area contributed by atoms with Gasteiger partial charge in [-0.1, -0.05) is 18.2 Å². The fraction of sp³-hybridized carbons (Fsp3) is 0.579. The van der Waals surface area contributed by atoms with Crippen molar-refractivity contribution in [1.82, 2.24) is 9.31 Å². The Kier molecular flexibility index (Phi) is 5.59. The molecule has 3 atom stereocenters. The van der Waals surface area contributed by atoms with E-state index < -0.39 is 44.4 Å². The van der Waals surface area contributed by atoms with Gasteiger partial charge in [-0.15, -0.1) is 0 Å². The monoisotopic (exact) mass is 442 g/mol. The summed E-state index contributed by atoms with van der Waals surface area (Å²) < 4.78 is 47.6. The van der Waals surface area contributed by atoms with Crippen LogP contribution in [0.1, 0.15) is 45.6 Å². The van der Waals surface area contributed by atoms with Crippen molar-refractivity contribution in [3.05, 3.63) is 35.6 Å². The summed E-state index contributed by atoms with van der Waals surface area (Å²) in [7, 11) is -2.93. The summed E-state index contributed by atoms with van der Waals surface area (Å²) in [4.78, 5) is 17.0. The number of hydrogen-bond donors (Lipinski definition) is 2. The fourth-order valence-electron chi connectivity index (χ4n) is 3.94. The van der Waals surface area contributed by atoms with Gasteiger partial charge in [-0.3, -0.25) is 0 Å². The summed E-state index contributed by atoms with van der Waals surface area (Å²) in [5.74, 6) is 4.92. The molecule has 1 aliphatic heterocycles. The van der Waals surface area contributed by atoms with Crippen LogP contribution in [0.25, 0.3) is 0 Å². The maximum atomic E-state index is 14.8. The third-order valence-electron chi connectivity index (χ3n) is 5.35. The number of hydrazine groups is 1. The molecule has 3 N–H and O–H groups in total. The van der Waals surface area contributed by atoms with E-state index in [2.05, 4.69) is 4.99 Å². The molecule has 0 spiro atoms. The van der Waals surface area contributed by atoms with E-state index in [9.17, 15) is 22.7 Å². The van der Waals surface area contributed by atoms with Crippen molar-refractivity contribution < 1.29 is 27.4 Å². The third-order valence-corrected chi connectivity index (χ3v) is 7.57. The Morgan fingerprint density at radius 1 is 1.40 bits per heavy atom. The number of ether oxygens (including phenoxy) is 1. The first-order valence-corrected chi connectivity index (χ1v) is 11.1. The van der Waals surface area contributed by atoms with E-state index in [4.69, 9.17) is 10.6 Å². The predicted molar refractivity (Wildman–Crippen MR) is 108 cm³/mol. The zero-order valence-electron chi connectivity index (χ0n) is 17.4. The molecule has 0 aromatic heterocycles. The Morgan fingerprint density at radius 2 is 2.03 bits per heavy atom. The number of halogens is 1. The van der Waals surface area contributed by atoms with Gasteiger partial charge in [-0.2, -0.15) is 5.01 Å². The average Bonchev–Trinajstić information content (AvgIpc) is 2.64. The van der Waals surface area contributed by atoms with Crippen LogP contribution in [0, 0.1) is 5.82 Å². The van der Waals surface area contributed by atoms with Crippen LogP contribution in [0.3, 0.4) is 0 Å². The SMILES string of the molecule is CN1C(N(N)C(=O)OC(C)(C)C)=NC2(c3ccccc3F)CCC(O)CC2S1(=O)=O. The van der Waals surface area contributed by atoms with Gasteiger partial charge in [0.25, 0.3) is 0 Å². The average molecular weight is 443 g/mol. The second kappa shape index (κ2) is 7.47. The lowest BCUT2D eigenvalue weighted by Gasteiger charge is -2.48. The van der Waals surface area contributed by atoms with E-state index in [1.165, 1.54) is 25.2 Å². The van der Waals surface area contributed by atoms with Gasteiger partial charge in [0.1, 0.15) is 22.2 Å². The van der Waals surface area contributed by atoms with Gasteiger partial charge >= 0.3 is 6.09 Å². The molecule has 1 saturated carbocycles. The van der Waals surface area contributed by atoms with Crippen molar-refractivity contribution >= 4 is 22.1 Å². The molecular weight excluding hydrogens is 415 g/mol. The number of rotatable bonds is 1. The molecule has 1 aliphatic carbocycles. The highest BCUT2D eigenvalue weighted by Gasteiger charge is 2.57. The molecule has 1 fully saturated rings. The van der Waals surface area contributed by atoms with E-state index in [0.29, 0.717) is 5.01 Å². The van der Waals surface area contributed by atoms with E-state index in [-0.39, 0.29) is 30.8 Å². The van der Waals surface area contributed by atoms with E-state index in [1.807, 2.05) is 0 Å². The highest BCUT2D eigenvalue weighted by Crippen LogP contribution is 2.48. The first-order valence-electron chi connectivity index (χ1n) is 9.58. The molecule has 9 nitrogen and oxygen atoms in total. The zero-order chi connectivity index (χ0) is 22.5. The fourth-order valence-corrected chi connectivity index (χ4v) is 5.93. The minimum absolute atomic E-state index is 0.0680. The van der Waals surface area contributed by atoms with E-state index in [1.54, 1.807) is 26.8 Å². The molecule has 1 amide bonds. The standard InChI is InChI=1S/C19H27FN4O5S/c1-18(2,3)29-17(26)24(21)16-22-19(13-7-5-6-8-14(13)20)10-9-12(25)11-15(19)30(27,28)23(16)4/h5-8,12,15,25H,9-11,21H2,1-4H3. The number of aliphatic imine (C=N–C) groups is 1. The number of sulfonamides is 1. The van der Waals surface area contributed by atoms with Crippen LogP contribution >= 0.6 is 0 Å². The summed E-state index contributed by atoms with van der Waals surface area (Å²) in [5, 5.41) is 9.46. The maximum Gasteiger partial charge on any atom is 0.431 e. The maximum absolute atomic E-state index is 14.8. The zero-order valence-corrected chi connectivity index (χ0v) is 18.2. The van der Waals surface area contributed by atoms with E-state index >= 15 is 0 Å². The summed E-state index contributed by atoms with van der Waals surface area (Å²) >= 11 is 0. The molecule has 0 radical (unpaired) electrons. The minimum Gasteiger partial charge on any atom is -0.442 e. The van der Waals surface area contributed by atoms with Crippen LogP contribution in [0.5, 0.6) is 0 Å². The number of hydrogen-bond acceptors (Lipinski definition) is 7. The number of amides is 1. The van der Waals surface area contributed by atoms with Gasteiger partial charge in [-0.05, 0) is 46.1 Å². The highest BCUT2D eigenvalue weighted by molar-refractivity contribution is 7.90. The van der Waals surface area contributed by atoms with Crippen LogP contribution in [-0.2, 0) is 20.3 Å². The normalized spacial score (nSPS) is 28.4. The number of guanidine groups is 1.